The Bertz CT molecular complexity index is 451. The molecule has 0 aromatic rings. The second-order valence-electron chi connectivity index (χ2n) is 6.14. The molecule has 0 aromatic heterocycles. The van der Waals surface area contributed by atoms with Crippen LogP contribution in [0.3, 0.4) is 0 Å². The molecule has 2 aliphatic rings. The molecule has 2 aliphatic heterocycles. The van der Waals surface area contributed by atoms with Crippen molar-refractivity contribution in [2.24, 2.45) is 0 Å². The van der Waals surface area contributed by atoms with Crippen LogP contribution in [0.25, 0.3) is 0 Å². The molecule has 2 fully saturated rings. The van der Waals surface area contributed by atoms with Crippen molar-refractivity contribution in [3.05, 3.63) is 0 Å². The molecule has 0 saturated carbocycles. The summed E-state index contributed by atoms with van der Waals surface area (Å²) in [4.78, 5) is 11.3. The molecule has 2 saturated heterocycles. The number of amides is 1. The molecule has 0 aliphatic carbocycles. The summed E-state index contributed by atoms with van der Waals surface area (Å²) in [6, 6.07) is -1.17. The zero-order chi connectivity index (χ0) is 18.7. The van der Waals surface area contributed by atoms with Crippen molar-refractivity contribution in [2.45, 2.75) is 62.0 Å². The molecule has 2 heterocycles. The van der Waals surface area contributed by atoms with Gasteiger partial charge in [0.05, 0.1) is 19.8 Å². The number of carbonyl (C=O) groups is 1. The molecule has 146 valence electrons. The standard InChI is InChI=1S/C14H25NO10/c1-5(18)15-9-13(22)11(20)7(3-17)24-14(9)25-8-4-23-6(2-16)10(19)12(8)21/h6-14,16-17,19-22H,2-4H2,1H3,(H,15,18)/t6-,7-,8-,9-,10-,11-,12-,13-,14+/m1/s1. The first-order chi connectivity index (χ1) is 11.8. The highest BCUT2D eigenvalue weighted by molar-refractivity contribution is 5.73. The van der Waals surface area contributed by atoms with Gasteiger partial charge in [0.1, 0.15) is 48.8 Å². The van der Waals surface area contributed by atoms with E-state index in [-0.39, 0.29) is 6.61 Å². The Morgan fingerprint density at radius 2 is 1.64 bits per heavy atom. The van der Waals surface area contributed by atoms with E-state index in [1.54, 1.807) is 0 Å². The summed E-state index contributed by atoms with van der Waals surface area (Å²) in [5, 5.41) is 60.8. The van der Waals surface area contributed by atoms with E-state index in [0.717, 1.165) is 0 Å². The van der Waals surface area contributed by atoms with E-state index in [1.165, 1.54) is 6.92 Å². The average Bonchev–Trinajstić information content (AvgIpc) is 2.58. The lowest BCUT2D eigenvalue weighted by molar-refractivity contribution is -0.309. The number of ether oxygens (including phenoxy) is 3. The van der Waals surface area contributed by atoms with E-state index in [9.17, 15) is 30.3 Å². The van der Waals surface area contributed by atoms with Crippen molar-refractivity contribution in [1.29, 1.82) is 0 Å². The largest absolute Gasteiger partial charge is 0.394 e. The van der Waals surface area contributed by atoms with Crippen molar-refractivity contribution < 1.29 is 49.6 Å². The van der Waals surface area contributed by atoms with Gasteiger partial charge in [0.2, 0.25) is 5.91 Å². The number of aliphatic hydroxyl groups is 6. The maximum absolute atomic E-state index is 11.3. The first kappa shape index (κ1) is 20.4. The van der Waals surface area contributed by atoms with Crippen molar-refractivity contribution in [2.75, 3.05) is 19.8 Å². The Kier molecular flexibility index (Phi) is 7.08. The van der Waals surface area contributed by atoms with Crippen LogP contribution in [0.1, 0.15) is 6.92 Å². The van der Waals surface area contributed by atoms with Crippen LogP contribution in [0.2, 0.25) is 0 Å². The van der Waals surface area contributed by atoms with Gasteiger partial charge in [-0.3, -0.25) is 4.79 Å². The molecular weight excluding hydrogens is 342 g/mol. The third-order valence-electron chi connectivity index (χ3n) is 4.33. The van der Waals surface area contributed by atoms with Gasteiger partial charge in [0.15, 0.2) is 6.29 Å². The summed E-state index contributed by atoms with van der Waals surface area (Å²) >= 11 is 0. The predicted octanol–water partition coefficient (Wildman–Crippen LogP) is -4.57. The second kappa shape index (κ2) is 8.66. The van der Waals surface area contributed by atoms with E-state index in [0.29, 0.717) is 0 Å². The molecule has 25 heavy (non-hydrogen) atoms. The number of carbonyl (C=O) groups excluding carboxylic acids is 1. The van der Waals surface area contributed by atoms with Crippen LogP contribution in [0.15, 0.2) is 0 Å². The maximum atomic E-state index is 11.3. The molecule has 0 bridgehead atoms. The van der Waals surface area contributed by atoms with Gasteiger partial charge in [-0.2, -0.15) is 0 Å². The smallest absolute Gasteiger partial charge is 0.217 e. The fourth-order valence-corrected chi connectivity index (χ4v) is 2.89. The van der Waals surface area contributed by atoms with Gasteiger partial charge in [0, 0.05) is 6.92 Å². The highest BCUT2D eigenvalue weighted by atomic mass is 16.7. The topological polar surface area (TPSA) is 178 Å². The van der Waals surface area contributed by atoms with Gasteiger partial charge in [-0.05, 0) is 0 Å². The molecule has 1 amide bonds. The number of hydrogen-bond acceptors (Lipinski definition) is 10. The predicted molar refractivity (Wildman–Crippen MR) is 79.1 cm³/mol. The summed E-state index contributed by atoms with van der Waals surface area (Å²) in [6.07, 6.45) is -10.3. The van der Waals surface area contributed by atoms with E-state index < -0.39 is 74.2 Å². The van der Waals surface area contributed by atoms with Crippen molar-refractivity contribution in [3.63, 3.8) is 0 Å². The van der Waals surface area contributed by atoms with Crippen LogP contribution in [0.4, 0.5) is 0 Å². The van der Waals surface area contributed by atoms with Gasteiger partial charge >= 0.3 is 0 Å². The van der Waals surface area contributed by atoms with Crippen molar-refractivity contribution in [3.8, 4) is 0 Å². The minimum atomic E-state index is -1.49. The SMILES string of the molecule is CC(=O)N[C@H]1[C@H](O[C@@H]2CO[C@H](CO)[C@@H](O)[C@@H]2O)O[C@H](CO)[C@@H](O)[C@@H]1O. The van der Waals surface area contributed by atoms with E-state index in [4.69, 9.17) is 19.3 Å². The summed E-state index contributed by atoms with van der Waals surface area (Å²) in [6.45, 7) is -0.0816. The highest BCUT2D eigenvalue weighted by Crippen LogP contribution is 2.26. The first-order valence-electron chi connectivity index (χ1n) is 7.93. The minimum Gasteiger partial charge on any atom is -0.394 e. The summed E-state index contributed by atoms with van der Waals surface area (Å²) in [5.41, 5.74) is 0. The Balaban J connectivity index is 2.11. The molecule has 9 atom stereocenters. The number of nitrogens with one attached hydrogen (secondary N) is 1. The van der Waals surface area contributed by atoms with Gasteiger partial charge in [-0.1, -0.05) is 0 Å². The molecule has 11 heteroatoms. The molecule has 7 N–H and O–H groups in total. The second-order valence-corrected chi connectivity index (χ2v) is 6.14. The van der Waals surface area contributed by atoms with E-state index in [2.05, 4.69) is 5.32 Å². The molecule has 2 rings (SSSR count). The Hall–Kier alpha value is -0.890. The van der Waals surface area contributed by atoms with Gasteiger partial charge < -0.3 is 50.2 Å². The number of rotatable bonds is 5. The zero-order valence-electron chi connectivity index (χ0n) is 13.6. The first-order valence-corrected chi connectivity index (χ1v) is 7.93. The third-order valence-corrected chi connectivity index (χ3v) is 4.33. The normalized spacial score (nSPS) is 45.2. The Morgan fingerprint density at radius 3 is 2.20 bits per heavy atom. The summed E-state index contributed by atoms with van der Waals surface area (Å²) < 4.78 is 16.1. The Morgan fingerprint density at radius 1 is 1.04 bits per heavy atom. The van der Waals surface area contributed by atoms with Crippen LogP contribution in [-0.2, 0) is 19.0 Å². The summed E-state index contributed by atoms with van der Waals surface area (Å²) in [7, 11) is 0. The van der Waals surface area contributed by atoms with Gasteiger partial charge in [-0.15, -0.1) is 0 Å². The van der Waals surface area contributed by atoms with Crippen molar-refractivity contribution in [1.82, 2.24) is 5.32 Å². The number of hydrogen-bond donors (Lipinski definition) is 7. The van der Waals surface area contributed by atoms with Crippen LogP contribution in [-0.4, -0.2) is 111 Å². The van der Waals surface area contributed by atoms with Crippen LogP contribution in [0.5, 0.6) is 0 Å². The van der Waals surface area contributed by atoms with Crippen LogP contribution >= 0.6 is 0 Å². The van der Waals surface area contributed by atoms with Crippen LogP contribution < -0.4 is 5.32 Å². The highest BCUT2D eigenvalue weighted by Gasteiger charge is 2.48. The lowest BCUT2D eigenvalue weighted by Gasteiger charge is -2.45. The van der Waals surface area contributed by atoms with Crippen LogP contribution in [0, 0.1) is 0 Å². The van der Waals surface area contributed by atoms with Gasteiger partial charge in [0.25, 0.3) is 0 Å². The number of aliphatic hydroxyl groups excluding tert-OH is 6. The molecule has 11 nitrogen and oxygen atoms in total. The van der Waals surface area contributed by atoms with Crippen molar-refractivity contribution >= 4 is 5.91 Å². The molecule has 0 unspecified atom stereocenters. The third kappa shape index (κ3) is 4.45. The van der Waals surface area contributed by atoms with E-state index in [1.807, 2.05) is 0 Å². The van der Waals surface area contributed by atoms with E-state index >= 15 is 0 Å². The minimum absolute atomic E-state index is 0.182. The fraction of sp³-hybridized carbons (Fsp3) is 0.929. The van der Waals surface area contributed by atoms with Gasteiger partial charge in [-0.25, -0.2) is 0 Å². The quantitative estimate of drug-likeness (QED) is 0.250. The maximum Gasteiger partial charge on any atom is 0.217 e. The molecular formula is C14H25NO10. The summed E-state index contributed by atoms with van der Waals surface area (Å²) in [5.74, 6) is -0.517. The Labute approximate surface area is 143 Å². The molecule has 0 spiro atoms. The lowest BCUT2D eigenvalue weighted by atomic mass is 9.96. The molecule has 0 radical (unpaired) electrons. The zero-order valence-corrected chi connectivity index (χ0v) is 13.6. The molecule has 0 aromatic carbocycles. The lowest BCUT2D eigenvalue weighted by Crippen LogP contribution is -2.66. The fourth-order valence-electron chi connectivity index (χ4n) is 2.89. The monoisotopic (exact) mass is 367 g/mol. The average molecular weight is 367 g/mol.